The SMILES string of the molecule is CC(=C=CC(=O)OC(C)(C)C)C(=O)OC(C(C)(C)C)C(C)(C)C. The van der Waals surface area contributed by atoms with E-state index in [9.17, 15) is 9.59 Å². The smallest absolute Gasteiger partial charge is 0.341 e. The van der Waals surface area contributed by atoms with Crippen molar-refractivity contribution >= 4 is 11.9 Å². The van der Waals surface area contributed by atoms with Gasteiger partial charge in [0.05, 0.1) is 11.6 Å². The predicted octanol–water partition coefficient (Wildman–Crippen LogP) is 4.43. The van der Waals surface area contributed by atoms with Crippen LogP contribution in [0.1, 0.15) is 69.2 Å². The van der Waals surface area contributed by atoms with Crippen LogP contribution in [0, 0.1) is 10.8 Å². The third-order valence-electron chi connectivity index (χ3n) is 2.92. The van der Waals surface area contributed by atoms with E-state index < -0.39 is 17.5 Å². The van der Waals surface area contributed by atoms with Crippen LogP contribution >= 0.6 is 0 Å². The van der Waals surface area contributed by atoms with Crippen LogP contribution in [0.25, 0.3) is 0 Å². The lowest BCUT2D eigenvalue weighted by atomic mass is 9.74. The molecule has 0 aromatic carbocycles. The van der Waals surface area contributed by atoms with Gasteiger partial charge in [-0.15, -0.1) is 5.73 Å². The van der Waals surface area contributed by atoms with Gasteiger partial charge in [-0.1, -0.05) is 41.5 Å². The van der Waals surface area contributed by atoms with E-state index >= 15 is 0 Å². The Morgan fingerprint density at radius 1 is 0.913 bits per heavy atom. The summed E-state index contributed by atoms with van der Waals surface area (Å²) in [5, 5.41) is 0. The highest BCUT2D eigenvalue weighted by atomic mass is 16.6. The molecular weight excluding hydrogens is 292 g/mol. The summed E-state index contributed by atoms with van der Waals surface area (Å²) in [5.41, 5.74) is 1.94. The zero-order valence-corrected chi connectivity index (χ0v) is 16.3. The van der Waals surface area contributed by atoms with E-state index in [2.05, 4.69) is 5.73 Å². The molecule has 0 spiro atoms. The van der Waals surface area contributed by atoms with Crippen LogP contribution in [0.4, 0.5) is 0 Å². The number of carbonyl (C=O) groups is 2. The lowest BCUT2D eigenvalue weighted by molar-refractivity contribution is -0.158. The minimum atomic E-state index is -0.576. The molecule has 132 valence electrons. The highest BCUT2D eigenvalue weighted by molar-refractivity contribution is 5.89. The van der Waals surface area contributed by atoms with Crippen LogP contribution in [0.5, 0.6) is 0 Å². The summed E-state index contributed by atoms with van der Waals surface area (Å²) in [6.07, 6.45) is 0.867. The molecular formula is C19H32O4. The topological polar surface area (TPSA) is 52.6 Å². The van der Waals surface area contributed by atoms with E-state index in [1.807, 2.05) is 41.5 Å². The minimum Gasteiger partial charge on any atom is -0.457 e. The minimum absolute atomic E-state index is 0.191. The van der Waals surface area contributed by atoms with Crippen molar-refractivity contribution in [3.8, 4) is 0 Å². The first kappa shape index (κ1) is 21.5. The van der Waals surface area contributed by atoms with E-state index in [1.165, 1.54) is 0 Å². The Labute approximate surface area is 140 Å². The van der Waals surface area contributed by atoms with Gasteiger partial charge in [-0.2, -0.15) is 0 Å². The standard InChI is InChI=1S/C19H32O4/c1-13(11-12-14(20)23-19(8,9)10)15(21)22-16(17(2,3)4)18(5,6)7/h12,16H,1-10H3. The lowest BCUT2D eigenvalue weighted by Gasteiger charge is -2.39. The molecule has 0 saturated heterocycles. The van der Waals surface area contributed by atoms with Crippen LogP contribution in [-0.4, -0.2) is 23.6 Å². The zero-order valence-electron chi connectivity index (χ0n) is 16.3. The maximum atomic E-state index is 12.3. The van der Waals surface area contributed by atoms with Gasteiger partial charge in [-0.25, -0.2) is 9.59 Å². The third-order valence-corrected chi connectivity index (χ3v) is 2.92. The van der Waals surface area contributed by atoms with E-state index in [4.69, 9.17) is 9.47 Å². The van der Waals surface area contributed by atoms with Crippen molar-refractivity contribution in [1.82, 2.24) is 0 Å². The molecule has 0 heterocycles. The quantitative estimate of drug-likeness (QED) is 0.438. The average Bonchev–Trinajstić information content (AvgIpc) is 2.27. The third kappa shape index (κ3) is 8.61. The number of hydrogen-bond acceptors (Lipinski definition) is 4. The molecule has 0 unspecified atom stereocenters. The summed E-state index contributed by atoms with van der Waals surface area (Å²) in [7, 11) is 0. The highest BCUT2D eigenvalue weighted by Gasteiger charge is 2.38. The Morgan fingerprint density at radius 2 is 1.35 bits per heavy atom. The normalized spacial score (nSPS) is 12.5. The average molecular weight is 324 g/mol. The van der Waals surface area contributed by atoms with Gasteiger partial charge < -0.3 is 9.47 Å². The van der Waals surface area contributed by atoms with Crippen molar-refractivity contribution in [1.29, 1.82) is 0 Å². The Balaban J connectivity index is 5.16. The molecule has 0 aliphatic carbocycles. The summed E-state index contributed by atoms with van der Waals surface area (Å²) in [6.45, 7) is 19.1. The molecule has 23 heavy (non-hydrogen) atoms. The second-order valence-electron chi connectivity index (χ2n) is 8.96. The van der Waals surface area contributed by atoms with Gasteiger partial charge in [0.2, 0.25) is 0 Å². The Bertz CT molecular complexity index is 487. The molecule has 0 fully saturated rings. The maximum Gasteiger partial charge on any atom is 0.341 e. The lowest BCUT2D eigenvalue weighted by Crippen LogP contribution is -2.42. The first-order valence-corrected chi connectivity index (χ1v) is 7.91. The van der Waals surface area contributed by atoms with Gasteiger partial charge in [-0.05, 0) is 38.5 Å². The van der Waals surface area contributed by atoms with Crippen molar-refractivity contribution in [3.05, 3.63) is 17.4 Å². The van der Waals surface area contributed by atoms with Gasteiger partial charge in [0.25, 0.3) is 0 Å². The van der Waals surface area contributed by atoms with E-state index in [0.29, 0.717) is 0 Å². The molecule has 0 aliphatic rings. The second-order valence-corrected chi connectivity index (χ2v) is 8.96. The Hall–Kier alpha value is -1.54. The number of rotatable bonds is 3. The molecule has 0 N–H and O–H groups in total. The monoisotopic (exact) mass is 324 g/mol. The van der Waals surface area contributed by atoms with Gasteiger partial charge >= 0.3 is 11.9 Å². The molecule has 0 amide bonds. The molecule has 4 heteroatoms. The number of carbonyl (C=O) groups excluding carboxylic acids is 2. The zero-order chi connectivity index (χ0) is 18.6. The number of ether oxygens (including phenoxy) is 2. The van der Waals surface area contributed by atoms with Gasteiger partial charge in [-0.3, -0.25) is 0 Å². The number of esters is 2. The summed E-state index contributed by atoms with van der Waals surface area (Å²) < 4.78 is 10.8. The fourth-order valence-corrected chi connectivity index (χ4v) is 2.41. The largest absolute Gasteiger partial charge is 0.457 e. The summed E-state index contributed by atoms with van der Waals surface area (Å²) in [5.74, 6) is -1.01. The summed E-state index contributed by atoms with van der Waals surface area (Å²) >= 11 is 0. The van der Waals surface area contributed by atoms with Crippen LogP contribution in [0.2, 0.25) is 0 Å². The van der Waals surface area contributed by atoms with Crippen molar-refractivity contribution in [2.45, 2.75) is 80.9 Å². The van der Waals surface area contributed by atoms with Crippen molar-refractivity contribution < 1.29 is 19.1 Å². The molecule has 0 atom stereocenters. The van der Waals surface area contributed by atoms with Crippen LogP contribution in [-0.2, 0) is 19.1 Å². The van der Waals surface area contributed by atoms with E-state index in [-0.39, 0.29) is 22.5 Å². The van der Waals surface area contributed by atoms with Crippen molar-refractivity contribution in [2.75, 3.05) is 0 Å². The molecule has 0 aromatic rings. The first-order chi connectivity index (χ1) is 10.0. The highest BCUT2D eigenvalue weighted by Crippen LogP contribution is 2.36. The van der Waals surface area contributed by atoms with Gasteiger partial charge in [0.15, 0.2) is 0 Å². The van der Waals surface area contributed by atoms with E-state index in [0.717, 1.165) is 6.08 Å². The number of hydrogen-bond donors (Lipinski definition) is 0. The Morgan fingerprint density at radius 3 is 1.70 bits per heavy atom. The van der Waals surface area contributed by atoms with Crippen molar-refractivity contribution in [3.63, 3.8) is 0 Å². The second kappa shape index (κ2) is 7.35. The fourth-order valence-electron chi connectivity index (χ4n) is 2.41. The Kier molecular flexibility index (Phi) is 6.86. The molecule has 0 saturated carbocycles. The summed E-state index contributed by atoms with van der Waals surface area (Å²) in [6, 6.07) is 0. The summed E-state index contributed by atoms with van der Waals surface area (Å²) in [4.78, 5) is 23.9. The molecule has 0 bridgehead atoms. The fraction of sp³-hybridized carbons (Fsp3) is 0.737. The molecule has 0 aromatic heterocycles. The van der Waals surface area contributed by atoms with Crippen LogP contribution < -0.4 is 0 Å². The molecule has 4 nitrogen and oxygen atoms in total. The molecule has 0 radical (unpaired) electrons. The molecule has 0 rings (SSSR count). The maximum absolute atomic E-state index is 12.3. The van der Waals surface area contributed by atoms with Crippen LogP contribution in [0.3, 0.4) is 0 Å². The molecule has 0 aliphatic heterocycles. The predicted molar refractivity (Wildman–Crippen MR) is 91.9 cm³/mol. The van der Waals surface area contributed by atoms with Crippen molar-refractivity contribution in [2.24, 2.45) is 10.8 Å². The van der Waals surface area contributed by atoms with Crippen LogP contribution in [0.15, 0.2) is 17.4 Å². The first-order valence-electron chi connectivity index (χ1n) is 7.91. The van der Waals surface area contributed by atoms with E-state index in [1.54, 1.807) is 27.7 Å². The van der Waals surface area contributed by atoms with Gasteiger partial charge in [0, 0.05) is 0 Å². The van der Waals surface area contributed by atoms with Gasteiger partial charge in [0.1, 0.15) is 11.7 Å².